The first kappa shape index (κ1) is 16.5. The summed E-state index contributed by atoms with van der Waals surface area (Å²) in [7, 11) is 0. The van der Waals surface area contributed by atoms with E-state index in [2.05, 4.69) is 9.88 Å². The molecule has 2 N–H and O–H groups in total. The summed E-state index contributed by atoms with van der Waals surface area (Å²) >= 11 is 0. The van der Waals surface area contributed by atoms with E-state index in [1.165, 1.54) is 0 Å². The van der Waals surface area contributed by atoms with E-state index >= 15 is 0 Å². The van der Waals surface area contributed by atoms with Gasteiger partial charge in [0.05, 0.1) is 12.6 Å². The number of piperazine rings is 1. The average Bonchev–Trinajstić information content (AvgIpc) is 2.54. The Morgan fingerprint density at radius 2 is 2.00 bits per heavy atom. The van der Waals surface area contributed by atoms with E-state index in [0.29, 0.717) is 25.6 Å². The van der Waals surface area contributed by atoms with Crippen molar-refractivity contribution in [3.05, 3.63) is 18.2 Å². The van der Waals surface area contributed by atoms with Gasteiger partial charge in [0.1, 0.15) is 5.82 Å². The molecule has 1 fully saturated rings. The Labute approximate surface area is 132 Å². The highest BCUT2D eigenvalue weighted by molar-refractivity contribution is 5.82. The molecule has 1 saturated heterocycles. The molecule has 2 heterocycles. The molecule has 1 amide bonds. The standard InChI is InChI=1S/C16H26N4O2/c1-4-22-14-7-5-6-13(18-14)19-8-10-20(11-9-19)16(21)15(17)12(2)3/h5-7,12,15H,4,8-11,17H2,1-3H3/t15-/m0/s1. The molecule has 0 aromatic carbocycles. The van der Waals surface area contributed by atoms with Gasteiger partial charge < -0.3 is 20.3 Å². The van der Waals surface area contributed by atoms with Gasteiger partial charge in [-0.25, -0.2) is 0 Å². The molecule has 0 spiro atoms. The molecule has 0 unspecified atom stereocenters. The van der Waals surface area contributed by atoms with Gasteiger partial charge >= 0.3 is 0 Å². The lowest BCUT2D eigenvalue weighted by Gasteiger charge is -2.37. The molecular formula is C16H26N4O2. The molecule has 2 rings (SSSR count). The third-order valence-electron chi connectivity index (χ3n) is 3.92. The van der Waals surface area contributed by atoms with E-state index < -0.39 is 6.04 Å². The normalized spacial score (nSPS) is 16.8. The summed E-state index contributed by atoms with van der Waals surface area (Å²) in [5.74, 6) is 1.74. The minimum Gasteiger partial charge on any atom is -0.478 e. The molecule has 1 atom stereocenters. The third kappa shape index (κ3) is 3.88. The maximum absolute atomic E-state index is 12.3. The summed E-state index contributed by atoms with van der Waals surface area (Å²) in [5.41, 5.74) is 5.96. The molecule has 0 aliphatic carbocycles. The van der Waals surface area contributed by atoms with Gasteiger partial charge in [-0.15, -0.1) is 0 Å². The molecule has 0 bridgehead atoms. The summed E-state index contributed by atoms with van der Waals surface area (Å²) in [4.78, 5) is 20.8. The molecule has 122 valence electrons. The summed E-state index contributed by atoms with van der Waals surface area (Å²) in [6.07, 6.45) is 0. The summed E-state index contributed by atoms with van der Waals surface area (Å²) in [5, 5.41) is 0. The first-order valence-electron chi connectivity index (χ1n) is 7.92. The first-order valence-corrected chi connectivity index (χ1v) is 7.92. The van der Waals surface area contributed by atoms with Gasteiger partial charge in [-0.2, -0.15) is 4.98 Å². The zero-order valence-corrected chi connectivity index (χ0v) is 13.7. The Hall–Kier alpha value is -1.82. The van der Waals surface area contributed by atoms with Gasteiger partial charge in [0.15, 0.2) is 0 Å². The quantitative estimate of drug-likeness (QED) is 0.882. The third-order valence-corrected chi connectivity index (χ3v) is 3.92. The highest BCUT2D eigenvalue weighted by Crippen LogP contribution is 2.18. The van der Waals surface area contributed by atoms with Crippen LogP contribution < -0.4 is 15.4 Å². The van der Waals surface area contributed by atoms with E-state index in [1.54, 1.807) is 0 Å². The second-order valence-corrected chi connectivity index (χ2v) is 5.85. The van der Waals surface area contributed by atoms with E-state index in [1.807, 2.05) is 43.9 Å². The first-order chi connectivity index (χ1) is 10.5. The Morgan fingerprint density at radius 3 is 2.59 bits per heavy atom. The van der Waals surface area contributed by atoms with E-state index in [0.717, 1.165) is 18.9 Å². The van der Waals surface area contributed by atoms with Crippen LogP contribution in [0.5, 0.6) is 5.88 Å². The van der Waals surface area contributed by atoms with Crippen molar-refractivity contribution >= 4 is 11.7 Å². The van der Waals surface area contributed by atoms with Crippen LogP contribution in [0.2, 0.25) is 0 Å². The van der Waals surface area contributed by atoms with Crippen molar-refractivity contribution in [1.82, 2.24) is 9.88 Å². The monoisotopic (exact) mass is 306 g/mol. The predicted molar refractivity (Wildman–Crippen MR) is 87.0 cm³/mol. The van der Waals surface area contributed by atoms with Crippen LogP contribution in [-0.2, 0) is 4.79 Å². The lowest BCUT2D eigenvalue weighted by atomic mass is 10.0. The van der Waals surface area contributed by atoms with Crippen LogP contribution in [0.1, 0.15) is 20.8 Å². The highest BCUT2D eigenvalue weighted by Gasteiger charge is 2.27. The minimum atomic E-state index is -0.411. The van der Waals surface area contributed by atoms with Crippen molar-refractivity contribution in [3.8, 4) is 5.88 Å². The fraction of sp³-hybridized carbons (Fsp3) is 0.625. The second-order valence-electron chi connectivity index (χ2n) is 5.85. The van der Waals surface area contributed by atoms with Crippen LogP contribution in [0.4, 0.5) is 5.82 Å². The maximum atomic E-state index is 12.3. The number of nitrogens with zero attached hydrogens (tertiary/aromatic N) is 3. The van der Waals surface area contributed by atoms with Gasteiger partial charge in [-0.1, -0.05) is 19.9 Å². The number of amides is 1. The molecule has 1 aromatic heterocycles. The lowest BCUT2D eigenvalue weighted by molar-refractivity contribution is -0.133. The number of pyridine rings is 1. The predicted octanol–water partition coefficient (Wildman–Crippen LogP) is 1.11. The van der Waals surface area contributed by atoms with Crippen molar-refractivity contribution in [2.45, 2.75) is 26.8 Å². The number of hydrogen-bond acceptors (Lipinski definition) is 5. The summed E-state index contributed by atoms with van der Waals surface area (Å²) in [6.45, 7) is 9.38. The fourth-order valence-electron chi connectivity index (χ4n) is 2.46. The Bertz CT molecular complexity index is 499. The second kappa shape index (κ2) is 7.45. The molecule has 0 saturated carbocycles. The number of carbonyl (C=O) groups excluding carboxylic acids is 1. The van der Waals surface area contributed by atoms with Crippen LogP contribution in [-0.4, -0.2) is 54.6 Å². The Morgan fingerprint density at radius 1 is 1.32 bits per heavy atom. The highest BCUT2D eigenvalue weighted by atomic mass is 16.5. The van der Waals surface area contributed by atoms with Gasteiger partial charge in [-0.05, 0) is 18.9 Å². The number of ether oxygens (including phenoxy) is 1. The molecule has 6 heteroatoms. The van der Waals surface area contributed by atoms with Gasteiger partial charge in [0, 0.05) is 32.2 Å². The van der Waals surface area contributed by atoms with Crippen molar-refractivity contribution in [2.75, 3.05) is 37.7 Å². The Balaban J connectivity index is 1.94. The van der Waals surface area contributed by atoms with Crippen molar-refractivity contribution < 1.29 is 9.53 Å². The van der Waals surface area contributed by atoms with Crippen molar-refractivity contribution in [1.29, 1.82) is 0 Å². The number of hydrogen-bond donors (Lipinski definition) is 1. The zero-order valence-electron chi connectivity index (χ0n) is 13.7. The molecule has 6 nitrogen and oxygen atoms in total. The average molecular weight is 306 g/mol. The number of aromatic nitrogens is 1. The molecule has 1 aliphatic heterocycles. The van der Waals surface area contributed by atoms with E-state index in [9.17, 15) is 4.79 Å². The minimum absolute atomic E-state index is 0.0469. The van der Waals surface area contributed by atoms with Crippen LogP contribution in [0.15, 0.2) is 18.2 Å². The van der Waals surface area contributed by atoms with Crippen LogP contribution in [0, 0.1) is 5.92 Å². The number of carbonyl (C=O) groups is 1. The van der Waals surface area contributed by atoms with E-state index in [-0.39, 0.29) is 11.8 Å². The smallest absolute Gasteiger partial charge is 0.239 e. The Kier molecular flexibility index (Phi) is 5.60. The molecular weight excluding hydrogens is 280 g/mol. The van der Waals surface area contributed by atoms with Crippen molar-refractivity contribution in [3.63, 3.8) is 0 Å². The van der Waals surface area contributed by atoms with Crippen LogP contribution >= 0.6 is 0 Å². The van der Waals surface area contributed by atoms with Gasteiger partial charge in [0.2, 0.25) is 11.8 Å². The fourth-order valence-corrected chi connectivity index (χ4v) is 2.46. The largest absolute Gasteiger partial charge is 0.478 e. The van der Waals surface area contributed by atoms with Gasteiger partial charge in [-0.3, -0.25) is 4.79 Å². The number of nitrogens with two attached hydrogens (primary N) is 1. The van der Waals surface area contributed by atoms with Crippen LogP contribution in [0.25, 0.3) is 0 Å². The molecule has 1 aliphatic rings. The zero-order chi connectivity index (χ0) is 16.1. The van der Waals surface area contributed by atoms with Crippen LogP contribution in [0.3, 0.4) is 0 Å². The summed E-state index contributed by atoms with van der Waals surface area (Å²) in [6, 6.07) is 5.36. The molecule has 0 radical (unpaired) electrons. The lowest BCUT2D eigenvalue weighted by Crippen LogP contribution is -2.54. The maximum Gasteiger partial charge on any atom is 0.239 e. The summed E-state index contributed by atoms with van der Waals surface area (Å²) < 4.78 is 5.44. The van der Waals surface area contributed by atoms with E-state index in [4.69, 9.17) is 10.5 Å². The van der Waals surface area contributed by atoms with Gasteiger partial charge in [0.25, 0.3) is 0 Å². The van der Waals surface area contributed by atoms with Crippen molar-refractivity contribution in [2.24, 2.45) is 11.7 Å². The number of anilines is 1. The topological polar surface area (TPSA) is 71.7 Å². The molecule has 1 aromatic rings. The molecule has 22 heavy (non-hydrogen) atoms. The SMILES string of the molecule is CCOc1cccc(N2CCN(C(=O)[C@@H](N)C(C)C)CC2)n1. The number of rotatable bonds is 5.